The van der Waals surface area contributed by atoms with Gasteiger partial charge in [0.1, 0.15) is 0 Å². The van der Waals surface area contributed by atoms with Crippen LogP contribution in [0.2, 0.25) is 0 Å². The van der Waals surface area contributed by atoms with E-state index in [1.807, 2.05) is 24.3 Å². The molecule has 0 aromatic carbocycles. The van der Waals surface area contributed by atoms with Crippen LogP contribution in [-0.2, 0) is 0 Å². The fraction of sp³-hybridized carbons (Fsp3) is 0.231. The number of hydrogen-bond acceptors (Lipinski definition) is 2. The summed E-state index contributed by atoms with van der Waals surface area (Å²) in [4.78, 5) is 9.95. The van der Waals surface area contributed by atoms with Crippen LogP contribution in [0.5, 0.6) is 0 Å². The highest BCUT2D eigenvalue weighted by Gasteiger charge is 2.19. The second kappa shape index (κ2) is 9.01. The van der Waals surface area contributed by atoms with Crippen LogP contribution in [0, 0.1) is 0 Å². The maximum Gasteiger partial charge on any atom is 0.0894 e. The fourth-order valence-electron chi connectivity index (χ4n) is 4.41. The zero-order valence-corrected chi connectivity index (χ0v) is 23.3. The van der Waals surface area contributed by atoms with Gasteiger partial charge in [-0.25, -0.2) is 9.97 Å². The molecule has 3 aromatic heterocycles. The maximum absolute atomic E-state index is 4.78. The number of halogens is 3. The third-order valence-corrected chi connectivity index (χ3v) is 7.18. The summed E-state index contributed by atoms with van der Waals surface area (Å²) in [5, 5.41) is 0. The molecule has 4 nitrogen and oxygen atoms in total. The number of nitrogens with zero attached hydrogens (tertiary/aromatic N) is 4. The Morgan fingerprint density at radius 1 is 0.667 bits per heavy atom. The lowest BCUT2D eigenvalue weighted by Gasteiger charge is -2.15. The normalized spacial score (nSPS) is 15.6. The summed E-state index contributed by atoms with van der Waals surface area (Å²) in [6, 6.07) is 15.1. The van der Waals surface area contributed by atoms with Crippen LogP contribution in [0.4, 0.5) is 0 Å². The topological polar surface area (TPSA) is 35.6 Å². The number of aromatic nitrogens is 4. The van der Waals surface area contributed by atoms with Gasteiger partial charge >= 0.3 is 0 Å². The molecule has 0 aliphatic carbocycles. The smallest absolute Gasteiger partial charge is 0.0894 e. The molecule has 168 valence electrons. The van der Waals surface area contributed by atoms with E-state index in [-0.39, 0.29) is 14.7 Å². The highest BCUT2D eigenvalue weighted by atomic mass is 79.9. The highest BCUT2D eigenvalue weighted by Crippen LogP contribution is 2.37. The lowest BCUT2D eigenvalue weighted by atomic mass is 10.2. The molecule has 8 bridgehead atoms. The predicted octanol–water partition coefficient (Wildman–Crippen LogP) is 8.89. The van der Waals surface area contributed by atoms with Crippen LogP contribution in [0.1, 0.15) is 63.8 Å². The molecule has 33 heavy (non-hydrogen) atoms. The summed E-state index contributed by atoms with van der Waals surface area (Å²) < 4.78 is 4.67. The first kappa shape index (κ1) is 22.8. The van der Waals surface area contributed by atoms with Crippen molar-refractivity contribution in [3.8, 4) is 0 Å². The average Bonchev–Trinajstić information content (AvgIpc) is 3.54. The van der Waals surface area contributed by atoms with Crippen LogP contribution >= 0.6 is 47.8 Å². The summed E-state index contributed by atoms with van der Waals surface area (Å²) in [5.41, 5.74) is 9.43. The molecule has 0 radical (unpaired) electrons. The maximum atomic E-state index is 4.78. The third kappa shape index (κ3) is 4.19. The minimum Gasteiger partial charge on any atom is -0.327 e. The van der Waals surface area contributed by atoms with Crippen molar-refractivity contribution in [3.05, 3.63) is 70.8 Å². The zero-order chi connectivity index (χ0) is 23.3. The van der Waals surface area contributed by atoms with Crippen LogP contribution in [0.25, 0.3) is 46.4 Å². The summed E-state index contributed by atoms with van der Waals surface area (Å²) in [6.07, 6.45) is 8.13. The molecule has 0 spiro atoms. The van der Waals surface area contributed by atoms with Gasteiger partial charge in [0.2, 0.25) is 0 Å². The number of rotatable bonds is 3. The first-order valence-corrected chi connectivity index (χ1v) is 13.6. The van der Waals surface area contributed by atoms with E-state index in [9.17, 15) is 0 Å². The summed E-state index contributed by atoms with van der Waals surface area (Å²) in [6.45, 7) is 6.48. The van der Waals surface area contributed by atoms with E-state index >= 15 is 0 Å². The Labute approximate surface area is 218 Å². The van der Waals surface area contributed by atoms with Gasteiger partial charge in [0.05, 0.1) is 43.7 Å². The first-order chi connectivity index (χ1) is 15.8. The Balaban J connectivity index is 2.00. The van der Waals surface area contributed by atoms with E-state index in [0.717, 1.165) is 39.3 Å². The highest BCUT2D eigenvalue weighted by molar-refractivity contribution is 9.09. The summed E-state index contributed by atoms with van der Waals surface area (Å²) in [7, 11) is 0. The van der Waals surface area contributed by atoms with Gasteiger partial charge in [-0.3, -0.25) is 0 Å². The van der Waals surface area contributed by atoms with Gasteiger partial charge in [-0.1, -0.05) is 47.8 Å². The molecule has 3 aromatic rings. The van der Waals surface area contributed by atoms with Gasteiger partial charge in [-0.2, -0.15) is 0 Å². The average molecular weight is 631 g/mol. The molecule has 0 saturated heterocycles. The van der Waals surface area contributed by atoms with Gasteiger partial charge in [0.15, 0.2) is 0 Å². The van der Waals surface area contributed by atoms with E-state index in [4.69, 9.17) is 9.97 Å². The molecule has 0 fully saturated rings. The molecule has 2 aliphatic heterocycles. The number of fused-ring (bicyclic) bond motifs is 10. The summed E-state index contributed by atoms with van der Waals surface area (Å²) >= 11 is 11.5. The van der Waals surface area contributed by atoms with E-state index in [1.54, 1.807) is 0 Å². The molecule has 5 heterocycles. The largest absolute Gasteiger partial charge is 0.327 e. The fourth-order valence-corrected chi connectivity index (χ4v) is 5.66. The van der Waals surface area contributed by atoms with Crippen molar-refractivity contribution in [1.82, 2.24) is 19.1 Å². The molecule has 3 unspecified atom stereocenters. The number of alkyl halides is 3. The Bertz CT molecular complexity index is 1460. The van der Waals surface area contributed by atoms with Crippen molar-refractivity contribution in [2.45, 2.75) is 35.5 Å². The molecular weight excluding hydrogens is 608 g/mol. The molecule has 5 rings (SSSR count). The molecule has 2 aliphatic rings. The Morgan fingerprint density at radius 2 is 1.21 bits per heavy atom. The first-order valence-electron chi connectivity index (χ1n) is 10.9. The van der Waals surface area contributed by atoms with E-state index in [1.165, 1.54) is 11.1 Å². The summed E-state index contributed by atoms with van der Waals surface area (Å²) in [5.74, 6) is 0. The SMILES string of the molecule is CC(Br)c1cc2ccc3nc(c4nc(ccc5ccc(c1n2C(C)Br)n5C(C)Br)C=C4)C=C3. The van der Waals surface area contributed by atoms with Crippen molar-refractivity contribution in [1.29, 1.82) is 0 Å². The second-order valence-corrected chi connectivity index (χ2v) is 12.2. The van der Waals surface area contributed by atoms with Crippen LogP contribution in [0.3, 0.4) is 0 Å². The van der Waals surface area contributed by atoms with E-state index in [2.05, 4.69) is 120 Å². The van der Waals surface area contributed by atoms with E-state index < -0.39 is 0 Å². The minimum atomic E-state index is 0.104. The van der Waals surface area contributed by atoms with Crippen molar-refractivity contribution in [3.63, 3.8) is 0 Å². The van der Waals surface area contributed by atoms with E-state index in [0.29, 0.717) is 0 Å². The quantitative estimate of drug-likeness (QED) is 0.187. The monoisotopic (exact) mass is 628 g/mol. The third-order valence-electron chi connectivity index (χ3n) is 5.86. The lowest BCUT2D eigenvalue weighted by Crippen LogP contribution is -2.02. The molecule has 3 atom stereocenters. The van der Waals surface area contributed by atoms with Gasteiger partial charge in [0.25, 0.3) is 0 Å². The second-order valence-electron chi connectivity index (χ2n) is 8.20. The Kier molecular flexibility index (Phi) is 6.23. The molecule has 0 N–H and O–H groups in total. The molecular formula is C26H23Br3N4. The van der Waals surface area contributed by atoms with Crippen molar-refractivity contribution < 1.29 is 0 Å². The Hall–Kier alpha value is -1.96. The van der Waals surface area contributed by atoms with Gasteiger partial charge in [-0.05, 0) is 93.1 Å². The van der Waals surface area contributed by atoms with Crippen LogP contribution < -0.4 is 0 Å². The van der Waals surface area contributed by atoms with Gasteiger partial charge in [0, 0.05) is 15.9 Å². The van der Waals surface area contributed by atoms with Crippen molar-refractivity contribution >= 4 is 94.2 Å². The van der Waals surface area contributed by atoms with Gasteiger partial charge in [-0.15, -0.1) is 0 Å². The van der Waals surface area contributed by atoms with Gasteiger partial charge < -0.3 is 9.13 Å². The molecule has 0 saturated carbocycles. The molecule has 0 amide bonds. The Morgan fingerprint density at radius 3 is 1.76 bits per heavy atom. The predicted molar refractivity (Wildman–Crippen MR) is 151 cm³/mol. The zero-order valence-electron chi connectivity index (χ0n) is 18.5. The number of hydrogen-bond donors (Lipinski definition) is 0. The van der Waals surface area contributed by atoms with Crippen LogP contribution in [-0.4, -0.2) is 19.1 Å². The van der Waals surface area contributed by atoms with Crippen molar-refractivity contribution in [2.24, 2.45) is 0 Å². The standard InChI is InChI=1S/C26H23Br3N4/c1-15(27)22-14-21-9-5-19-7-12-24(31-19)23-11-6-18(30-23)4-8-20-10-13-25(32(20)16(2)28)26(22)33(21)17(3)29/h4-17H,1-3H3. The van der Waals surface area contributed by atoms with Crippen molar-refractivity contribution in [2.75, 3.05) is 0 Å². The van der Waals surface area contributed by atoms with Crippen LogP contribution in [0.15, 0.2) is 42.5 Å². The molecule has 7 heteroatoms. The minimum absolute atomic E-state index is 0.104. The lowest BCUT2D eigenvalue weighted by molar-refractivity contribution is 0.793.